The molecule has 1 aromatic heterocycles. The van der Waals surface area contributed by atoms with E-state index in [1.54, 1.807) is 17.0 Å². The van der Waals surface area contributed by atoms with Crippen LogP contribution in [0.1, 0.15) is 10.6 Å². The van der Waals surface area contributed by atoms with E-state index >= 15 is 0 Å². The zero-order chi connectivity index (χ0) is 18.3. The maximum Gasteiger partial charge on any atom is 0.139 e. The Kier molecular flexibility index (Phi) is 4.26. The van der Waals surface area contributed by atoms with Gasteiger partial charge in [-0.3, -0.25) is 5.41 Å². The minimum absolute atomic E-state index is 0.162. The molecule has 1 aliphatic heterocycles. The second-order valence-corrected chi connectivity index (χ2v) is 7.43. The molecule has 26 heavy (non-hydrogen) atoms. The molecule has 2 N–H and O–H groups in total. The van der Waals surface area contributed by atoms with Crippen molar-refractivity contribution < 1.29 is 5.11 Å². The van der Waals surface area contributed by atoms with Crippen LogP contribution >= 0.6 is 22.9 Å². The standard InChI is InChI=1S/C20H16ClN3OS/c1-12-2-4-13(5-3-12)16-11-26-20(23-16)18-17(25)10-24(19(18)22)15-8-6-14(21)7-9-15/h2-9,11,22,25H,10H2,1H3. The fourth-order valence-electron chi connectivity index (χ4n) is 2.89. The number of halogens is 1. The Morgan fingerprint density at radius 3 is 2.50 bits per heavy atom. The number of benzene rings is 2. The topological polar surface area (TPSA) is 60.2 Å². The lowest BCUT2D eigenvalue weighted by Crippen LogP contribution is -2.25. The zero-order valence-electron chi connectivity index (χ0n) is 14.0. The third-order valence-electron chi connectivity index (χ3n) is 4.31. The molecule has 1 aliphatic rings. The molecule has 2 aromatic carbocycles. The molecule has 6 heteroatoms. The van der Waals surface area contributed by atoms with Crippen LogP contribution in [0, 0.1) is 12.3 Å². The van der Waals surface area contributed by atoms with Crippen LogP contribution in [-0.2, 0) is 0 Å². The van der Waals surface area contributed by atoms with Gasteiger partial charge >= 0.3 is 0 Å². The number of aliphatic hydroxyl groups is 1. The van der Waals surface area contributed by atoms with E-state index in [0.717, 1.165) is 16.9 Å². The summed E-state index contributed by atoms with van der Waals surface area (Å²) in [6.45, 7) is 2.31. The van der Waals surface area contributed by atoms with Crippen molar-refractivity contribution in [3.8, 4) is 11.3 Å². The predicted molar refractivity (Wildman–Crippen MR) is 108 cm³/mol. The molecule has 0 bridgehead atoms. The van der Waals surface area contributed by atoms with Crippen molar-refractivity contribution in [3.05, 3.63) is 75.3 Å². The van der Waals surface area contributed by atoms with E-state index in [4.69, 9.17) is 17.0 Å². The van der Waals surface area contributed by atoms with Crippen LogP contribution in [-0.4, -0.2) is 22.5 Å². The maximum atomic E-state index is 10.5. The Morgan fingerprint density at radius 2 is 1.81 bits per heavy atom. The number of nitrogens with one attached hydrogen (secondary N) is 1. The Bertz CT molecular complexity index is 1010. The normalized spacial score (nSPS) is 14.4. The smallest absolute Gasteiger partial charge is 0.139 e. The lowest BCUT2D eigenvalue weighted by molar-refractivity contribution is 0.411. The molecule has 0 amide bonds. The van der Waals surface area contributed by atoms with Crippen molar-refractivity contribution in [1.29, 1.82) is 5.41 Å². The van der Waals surface area contributed by atoms with Gasteiger partial charge in [-0.2, -0.15) is 0 Å². The summed E-state index contributed by atoms with van der Waals surface area (Å²) in [5.74, 6) is 0.407. The van der Waals surface area contributed by atoms with Crippen molar-refractivity contribution in [3.63, 3.8) is 0 Å². The van der Waals surface area contributed by atoms with Gasteiger partial charge in [0.1, 0.15) is 16.6 Å². The first-order valence-electron chi connectivity index (χ1n) is 8.10. The minimum atomic E-state index is 0.162. The lowest BCUT2D eigenvalue weighted by atomic mass is 10.1. The van der Waals surface area contributed by atoms with Crippen molar-refractivity contribution >= 4 is 40.0 Å². The number of aryl methyl sites for hydroxylation is 1. The van der Waals surface area contributed by atoms with E-state index in [0.29, 0.717) is 15.6 Å². The van der Waals surface area contributed by atoms with Crippen LogP contribution in [0.3, 0.4) is 0 Å². The van der Waals surface area contributed by atoms with Crippen molar-refractivity contribution in [2.24, 2.45) is 0 Å². The number of amidine groups is 1. The molecule has 2 heterocycles. The number of hydrogen-bond donors (Lipinski definition) is 2. The van der Waals surface area contributed by atoms with Gasteiger partial charge in [-0.1, -0.05) is 41.4 Å². The van der Waals surface area contributed by atoms with E-state index in [1.165, 1.54) is 16.9 Å². The molecule has 0 unspecified atom stereocenters. The fraction of sp³-hybridized carbons (Fsp3) is 0.100. The largest absolute Gasteiger partial charge is 0.510 e. The maximum absolute atomic E-state index is 10.5. The van der Waals surface area contributed by atoms with E-state index in [9.17, 15) is 5.11 Å². The van der Waals surface area contributed by atoms with Gasteiger partial charge in [0.05, 0.1) is 17.8 Å². The third-order valence-corrected chi connectivity index (χ3v) is 5.42. The molecule has 3 aromatic rings. The van der Waals surface area contributed by atoms with Crippen molar-refractivity contribution in [2.75, 3.05) is 11.4 Å². The number of hydrogen-bond acceptors (Lipinski definition) is 4. The Balaban J connectivity index is 1.63. The van der Waals surface area contributed by atoms with E-state index in [-0.39, 0.29) is 18.1 Å². The molecular formula is C20H16ClN3OS. The second kappa shape index (κ2) is 6.59. The van der Waals surface area contributed by atoms with Gasteiger partial charge in [0.15, 0.2) is 0 Å². The van der Waals surface area contributed by atoms with Crippen LogP contribution in [0.25, 0.3) is 16.8 Å². The number of aromatic nitrogens is 1. The molecule has 4 rings (SSSR count). The summed E-state index contributed by atoms with van der Waals surface area (Å²) in [5, 5.41) is 22.2. The molecule has 0 saturated heterocycles. The average Bonchev–Trinajstić information content (AvgIpc) is 3.21. The molecule has 0 saturated carbocycles. The van der Waals surface area contributed by atoms with Crippen LogP contribution in [0.4, 0.5) is 5.69 Å². The summed E-state index contributed by atoms with van der Waals surface area (Å²) in [7, 11) is 0. The first kappa shape index (κ1) is 16.8. The van der Waals surface area contributed by atoms with Crippen LogP contribution in [0.15, 0.2) is 59.7 Å². The van der Waals surface area contributed by atoms with Crippen LogP contribution < -0.4 is 4.90 Å². The van der Waals surface area contributed by atoms with Gasteiger partial charge in [-0.15, -0.1) is 11.3 Å². The van der Waals surface area contributed by atoms with Gasteiger partial charge in [0, 0.05) is 21.7 Å². The van der Waals surface area contributed by atoms with Crippen LogP contribution in [0.2, 0.25) is 5.02 Å². The van der Waals surface area contributed by atoms with Gasteiger partial charge in [-0.05, 0) is 31.2 Å². The molecule has 0 fully saturated rings. The Hall–Kier alpha value is -2.63. The number of anilines is 1. The van der Waals surface area contributed by atoms with Crippen LogP contribution in [0.5, 0.6) is 0 Å². The Labute approximate surface area is 160 Å². The van der Waals surface area contributed by atoms with Crippen molar-refractivity contribution in [1.82, 2.24) is 4.98 Å². The highest BCUT2D eigenvalue weighted by molar-refractivity contribution is 7.11. The summed E-state index contributed by atoms with van der Waals surface area (Å²) in [4.78, 5) is 6.39. The third kappa shape index (κ3) is 3.00. The lowest BCUT2D eigenvalue weighted by Gasteiger charge is -2.18. The highest BCUT2D eigenvalue weighted by Crippen LogP contribution is 2.34. The average molecular weight is 382 g/mol. The number of rotatable bonds is 3. The SMILES string of the molecule is Cc1ccc(-c2csc(C3=C(O)CN(c4ccc(Cl)cc4)C3=N)n2)cc1. The summed E-state index contributed by atoms with van der Waals surface area (Å²) >= 11 is 7.37. The predicted octanol–water partition coefficient (Wildman–Crippen LogP) is 5.54. The quantitative estimate of drug-likeness (QED) is 0.626. The molecule has 0 atom stereocenters. The van der Waals surface area contributed by atoms with Gasteiger partial charge < -0.3 is 10.0 Å². The summed E-state index contributed by atoms with van der Waals surface area (Å²) in [6.07, 6.45) is 0. The molecule has 4 nitrogen and oxygen atoms in total. The fourth-order valence-corrected chi connectivity index (χ4v) is 3.91. The molecule has 0 radical (unpaired) electrons. The monoisotopic (exact) mass is 381 g/mol. The minimum Gasteiger partial charge on any atom is -0.510 e. The number of thiazole rings is 1. The molecule has 0 aliphatic carbocycles. The van der Waals surface area contributed by atoms with E-state index in [2.05, 4.69) is 4.98 Å². The molecule has 130 valence electrons. The van der Waals surface area contributed by atoms with Gasteiger partial charge in [-0.25, -0.2) is 4.98 Å². The van der Waals surface area contributed by atoms with Gasteiger partial charge in [0.2, 0.25) is 0 Å². The highest BCUT2D eigenvalue weighted by atomic mass is 35.5. The molecule has 0 spiro atoms. The zero-order valence-corrected chi connectivity index (χ0v) is 15.6. The summed E-state index contributed by atoms with van der Waals surface area (Å²) in [5.41, 5.74) is 4.38. The summed E-state index contributed by atoms with van der Waals surface area (Å²) < 4.78 is 0. The van der Waals surface area contributed by atoms with E-state index in [1.807, 2.05) is 48.7 Å². The summed E-state index contributed by atoms with van der Waals surface area (Å²) in [6, 6.07) is 15.4. The second-order valence-electron chi connectivity index (χ2n) is 6.14. The van der Waals surface area contributed by atoms with Gasteiger partial charge in [0.25, 0.3) is 0 Å². The first-order chi connectivity index (χ1) is 12.5. The van der Waals surface area contributed by atoms with E-state index < -0.39 is 0 Å². The Morgan fingerprint density at radius 1 is 1.12 bits per heavy atom. The molecular weight excluding hydrogens is 366 g/mol. The number of aliphatic hydroxyl groups excluding tert-OH is 1. The first-order valence-corrected chi connectivity index (χ1v) is 9.36. The van der Waals surface area contributed by atoms with Crippen molar-refractivity contribution in [2.45, 2.75) is 6.92 Å². The number of nitrogens with zero attached hydrogens (tertiary/aromatic N) is 2. The highest BCUT2D eigenvalue weighted by Gasteiger charge is 2.31.